The molecule has 0 bridgehead atoms. The summed E-state index contributed by atoms with van der Waals surface area (Å²) in [6.07, 6.45) is 1.26. The zero-order valence-electron chi connectivity index (χ0n) is 11.9. The predicted octanol–water partition coefficient (Wildman–Crippen LogP) is 3.00. The summed E-state index contributed by atoms with van der Waals surface area (Å²) in [6, 6.07) is -0.278. The molecule has 0 spiro atoms. The van der Waals surface area contributed by atoms with Gasteiger partial charge in [0.05, 0.1) is 6.04 Å². The van der Waals surface area contributed by atoms with E-state index in [1.54, 1.807) is 0 Å². The molecule has 0 saturated carbocycles. The third-order valence-electron chi connectivity index (χ3n) is 2.35. The second kappa shape index (κ2) is 6.62. The lowest BCUT2D eigenvalue weighted by molar-refractivity contribution is -0.121. The number of hydrogen-bond acceptors (Lipinski definition) is 3. The first-order valence-electron chi connectivity index (χ1n) is 6.31. The minimum atomic E-state index is -0.499. The Labute approximate surface area is 104 Å². The van der Waals surface area contributed by atoms with Crippen LogP contribution in [0.15, 0.2) is 0 Å². The van der Waals surface area contributed by atoms with Crippen molar-refractivity contribution in [2.75, 3.05) is 6.54 Å². The fourth-order valence-electron chi connectivity index (χ4n) is 1.73. The van der Waals surface area contributed by atoms with Gasteiger partial charge in [0.25, 0.3) is 0 Å². The quantitative estimate of drug-likeness (QED) is 0.711. The van der Waals surface area contributed by atoms with Gasteiger partial charge in [-0.2, -0.15) is 0 Å². The van der Waals surface area contributed by atoms with Crippen molar-refractivity contribution in [3.05, 3.63) is 0 Å². The smallest absolute Gasteiger partial charge is 0.410 e. The number of hydrogen-bond donors (Lipinski definition) is 0. The molecule has 0 N–H and O–H groups in total. The topological polar surface area (TPSA) is 46.6 Å². The molecule has 0 aliphatic carbocycles. The van der Waals surface area contributed by atoms with Gasteiger partial charge in [-0.15, -0.1) is 0 Å². The number of amides is 1. The molecule has 0 aromatic heterocycles. The van der Waals surface area contributed by atoms with Crippen molar-refractivity contribution in [2.45, 2.75) is 66.0 Å². The Bertz CT molecular complexity index is 268. The Morgan fingerprint density at radius 1 is 1.24 bits per heavy atom. The van der Waals surface area contributed by atoms with Crippen molar-refractivity contribution in [3.8, 4) is 0 Å². The molecule has 1 unspecified atom stereocenters. The number of Topliss-reactive ketones (excluding diaryl/α,β-unsaturated/α-hetero) is 1. The summed E-state index contributed by atoms with van der Waals surface area (Å²) in [5.41, 5.74) is -0.499. The fourth-order valence-corrected chi connectivity index (χ4v) is 1.73. The van der Waals surface area contributed by atoms with Crippen molar-refractivity contribution < 1.29 is 14.3 Å². The average Bonchev–Trinajstić information content (AvgIpc) is 2.66. The Balaban J connectivity index is 0.00000121. The van der Waals surface area contributed by atoms with Crippen LogP contribution in [0.5, 0.6) is 0 Å². The molecule has 0 aromatic carbocycles. The van der Waals surface area contributed by atoms with E-state index in [-0.39, 0.29) is 17.9 Å². The van der Waals surface area contributed by atoms with E-state index in [2.05, 4.69) is 0 Å². The van der Waals surface area contributed by atoms with E-state index in [1.807, 2.05) is 34.6 Å². The predicted molar refractivity (Wildman–Crippen MR) is 68.0 cm³/mol. The van der Waals surface area contributed by atoms with Crippen molar-refractivity contribution in [2.24, 2.45) is 0 Å². The lowest BCUT2D eigenvalue weighted by Crippen LogP contribution is -2.42. The van der Waals surface area contributed by atoms with E-state index in [0.717, 1.165) is 12.8 Å². The van der Waals surface area contributed by atoms with Crippen LogP contribution in [0.3, 0.4) is 0 Å². The number of ether oxygens (including phenoxy) is 1. The normalized spacial score (nSPS) is 19.4. The molecule has 1 amide bonds. The molecule has 0 aromatic rings. The summed E-state index contributed by atoms with van der Waals surface area (Å²) < 4.78 is 5.24. The summed E-state index contributed by atoms with van der Waals surface area (Å²) in [7, 11) is 0. The van der Waals surface area contributed by atoms with Gasteiger partial charge in [-0.1, -0.05) is 13.8 Å². The molecular weight excluding hydrogens is 218 g/mol. The highest BCUT2D eigenvalue weighted by molar-refractivity contribution is 5.86. The van der Waals surface area contributed by atoms with Gasteiger partial charge < -0.3 is 4.74 Å². The van der Waals surface area contributed by atoms with E-state index >= 15 is 0 Å². The van der Waals surface area contributed by atoms with Gasteiger partial charge in [0, 0.05) is 6.54 Å². The molecular formula is C13H25NO3. The van der Waals surface area contributed by atoms with Crippen LogP contribution in [-0.4, -0.2) is 35.0 Å². The minimum absolute atomic E-state index is 0.0401. The largest absolute Gasteiger partial charge is 0.444 e. The van der Waals surface area contributed by atoms with Crippen LogP contribution >= 0.6 is 0 Å². The number of ketones is 1. The summed E-state index contributed by atoms with van der Waals surface area (Å²) in [5.74, 6) is 0.0401. The van der Waals surface area contributed by atoms with Gasteiger partial charge in [0.15, 0.2) is 5.78 Å². The second-order valence-corrected chi connectivity index (χ2v) is 4.94. The number of carbonyl (C=O) groups excluding carboxylic acids is 2. The van der Waals surface area contributed by atoms with Crippen molar-refractivity contribution >= 4 is 11.9 Å². The summed E-state index contributed by atoms with van der Waals surface area (Å²) in [6.45, 7) is 11.6. The maximum absolute atomic E-state index is 11.7. The van der Waals surface area contributed by atoms with E-state index < -0.39 is 5.60 Å². The lowest BCUT2D eigenvalue weighted by atomic mass is 10.1. The van der Waals surface area contributed by atoms with Crippen LogP contribution in [0.1, 0.15) is 54.4 Å². The van der Waals surface area contributed by atoms with Crippen molar-refractivity contribution in [3.63, 3.8) is 0 Å². The van der Waals surface area contributed by atoms with Crippen LogP contribution in [0, 0.1) is 0 Å². The van der Waals surface area contributed by atoms with E-state index in [9.17, 15) is 9.59 Å². The van der Waals surface area contributed by atoms with Crippen LogP contribution in [0.25, 0.3) is 0 Å². The molecule has 1 fully saturated rings. The standard InChI is InChI=1S/C11H19NO3.C2H6/c1-8(13)9-6-5-7-12(9)10(14)15-11(2,3)4;1-2/h9H,5-7H2,1-4H3;1-2H3. The second-order valence-electron chi connectivity index (χ2n) is 4.94. The molecule has 1 atom stereocenters. The van der Waals surface area contributed by atoms with Crippen molar-refractivity contribution in [1.29, 1.82) is 0 Å². The molecule has 4 nitrogen and oxygen atoms in total. The zero-order chi connectivity index (χ0) is 13.6. The van der Waals surface area contributed by atoms with Crippen molar-refractivity contribution in [1.82, 2.24) is 4.90 Å². The minimum Gasteiger partial charge on any atom is -0.444 e. The number of likely N-dealkylation sites (tertiary alicyclic amines) is 1. The highest BCUT2D eigenvalue weighted by Gasteiger charge is 2.34. The van der Waals surface area contributed by atoms with E-state index in [0.29, 0.717) is 6.54 Å². The Morgan fingerprint density at radius 2 is 1.76 bits per heavy atom. The highest BCUT2D eigenvalue weighted by Crippen LogP contribution is 2.21. The van der Waals surface area contributed by atoms with Gasteiger partial charge in [0.1, 0.15) is 5.60 Å². The molecule has 100 valence electrons. The Hall–Kier alpha value is -1.06. The SMILES string of the molecule is CC.CC(=O)C1CCCN1C(=O)OC(C)(C)C. The average molecular weight is 243 g/mol. The van der Waals surface area contributed by atoms with Crippen LogP contribution in [0.2, 0.25) is 0 Å². The van der Waals surface area contributed by atoms with Crippen LogP contribution in [0.4, 0.5) is 4.79 Å². The zero-order valence-corrected chi connectivity index (χ0v) is 11.9. The summed E-state index contributed by atoms with van der Waals surface area (Å²) in [5, 5.41) is 0. The monoisotopic (exact) mass is 243 g/mol. The number of carbonyl (C=O) groups is 2. The summed E-state index contributed by atoms with van der Waals surface area (Å²) in [4.78, 5) is 24.5. The van der Waals surface area contributed by atoms with Gasteiger partial charge in [-0.3, -0.25) is 9.69 Å². The first-order chi connectivity index (χ1) is 7.81. The maximum atomic E-state index is 11.7. The molecule has 1 saturated heterocycles. The first-order valence-corrected chi connectivity index (χ1v) is 6.31. The maximum Gasteiger partial charge on any atom is 0.410 e. The lowest BCUT2D eigenvalue weighted by Gasteiger charge is -2.27. The number of rotatable bonds is 1. The highest BCUT2D eigenvalue weighted by atomic mass is 16.6. The number of nitrogens with zero attached hydrogens (tertiary/aromatic N) is 1. The fraction of sp³-hybridized carbons (Fsp3) is 0.846. The molecule has 1 aliphatic heterocycles. The molecule has 1 aliphatic rings. The Kier molecular flexibility index (Phi) is 6.21. The Morgan fingerprint density at radius 3 is 2.18 bits per heavy atom. The van der Waals surface area contributed by atoms with Gasteiger partial charge in [0.2, 0.25) is 0 Å². The van der Waals surface area contributed by atoms with E-state index in [1.165, 1.54) is 11.8 Å². The molecule has 1 rings (SSSR count). The third kappa shape index (κ3) is 5.20. The van der Waals surface area contributed by atoms with Crippen LogP contribution in [-0.2, 0) is 9.53 Å². The molecule has 0 radical (unpaired) electrons. The molecule has 17 heavy (non-hydrogen) atoms. The molecule has 1 heterocycles. The van der Waals surface area contributed by atoms with Gasteiger partial charge in [-0.05, 0) is 40.5 Å². The molecule has 4 heteroatoms. The third-order valence-corrected chi connectivity index (χ3v) is 2.35. The van der Waals surface area contributed by atoms with Gasteiger partial charge >= 0.3 is 6.09 Å². The van der Waals surface area contributed by atoms with E-state index in [4.69, 9.17) is 4.74 Å². The van der Waals surface area contributed by atoms with Crippen LogP contribution < -0.4 is 0 Å². The first kappa shape index (κ1) is 15.9. The van der Waals surface area contributed by atoms with Gasteiger partial charge in [-0.25, -0.2) is 4.79 Å². The summed E-state index contributed by atoms with van der Waals surface area (Å²) >= 11 is 0.